The average Bonchev–Trinajstić information content (AvgIpc) is 2.71. The molecule has 1 aliphatic rings. The van der Waals surface area contributed by atoms with Crippen molar-refractivity contribution in [2.24, 2.45) is 0 Å². The van der Waals surface area contributed by atoms with E-state index in [1.807, 2.05) is 17.8 Å². The number of fused-ring (bicyclic) bond motifs is 1. The summed E-state index contributed by atoms with van der Waals surface area (Å²) in [5.41, 5.74) is 5.76. The molecule has 0 fully saturated rings. The van der Waals surface area contributed by atoms with Crippen molar-refractivity contribution in [3.8, 4) is 0 Å². The van der Waals surface area contributed by atoms with Crippen molar-refractivity contribution >= 4 is 17.7 Å². The third-order valence-electron chi connectivity index (χ3n) is 6.37. The van der Waals surface area contributed by atoms with Gasteiger partial charge in [0, 0.05) is 16.1 Å². The highest BCUT2D eigenvalue weighted by molar-refractivity contribution is 7.99. The molecule has 0 bridgehead atoms. The number of hydrogen-bond acceptors (Lipinski definition) is 2. The zero-order valence-corrected chi connectivity index (χ0v) is 19.3. The van der Waals surface area contributed by atoms with Crippen LogP contribution in [0, 0.1) is 13.8 Å². The maximum atomic E-state index is 10.6. The summed E-state index contributed by atoms with van der Waals surface area (Å²) < 4.78 is 0. The van der Waals surface area contributed by atoms with Gasteiger partial charge in [-0.05, 0) is 56.2 Å². The molecule has 1 N–H and O–H groups in total. The third kappa shape index (κ3) is 5.57. The molecule has 2 nitrogen and oxygen atoms in total. The van der Waals surface area contributed by atoms with E-state index in [9.17, 15) is 4.79 Å². The lowest BCUT2D eigenvalue weighted by molar-refractivity contribution is -0.136. The number of aliphatic carboxylic acids is 1. The van der Waals surface area contributed by atoms with Crippen molar-refractivity contribution in [1.82, 2.24) is 0 Å². The van der Waals surface area contributed by atoms with Gasteiger partial charge in [0.15, 0.2) is 0 Å². The summed E-state index contributed by atoms with van der Waals surface area (Å²) in [6.45, 7) is 6.79. The summed E-state index contributed by atoms with van der Waals surface area (Å²) in [4.78, 5) is 12.0. The highest BCUT2D eigenvalue weighted by Gasteiger charge is 2.40. The van der Waals surface area contributed by atoms with E-state index in [1.165, 1.54) is 46.4 Å². The van der Waals surface area contributed by atoms with E-state index in [2.05, 4.69) is 63.2 Å². The number of unbranched alkanes of at least 4 members (excludes halogenated alkanes) is 3. The van der Waals surface area contributed by atoms with Crippen LogP contribution >= 0.6 is 11.8 Å². The van der Waals surface area contributed by atoms with Gasteiger partial charge < -0.3 is 5.11 Å². The third-order valence-corrected chi connectivity index (χ3v) is 7.78. The largest absolute Gasteiger partial charge is 0.481 e. The summed E-state index contributed by atoms with van der Waals surface area (Å²) in [5.74, 6) is 0.889. The lowest BCUT2D eigenvalue weighted by atomic mass is 9.67. The van der Waals surface area contributed by atoms with Gasteiger partial charge in [-0.15, -0.1) is 11.8 Å². The Labute approximate surface area is 185 Å². The minimum Gasteiger partial charge on any atom is -0.481 e. The lowest BCUT2D eigenvalue weighted by Crippen LogP contribution is -2.36. The first-order chi connectivity index (χ1) is 14.4. The van der Waals surface area contributed by atoms with Crippen LogP contribution in [0.5, 0.6) is 0 Å². The van der Waals surface area contributed by atoms with Crippen LogP contribution in [0.1, 0.15) is 73.6 Å². The molecule has 2 atom stereocenters. The zero-order valence-electron chi connectivity index (χ0n) is 18.5. The maximum absolute atomic E-state index is 10.6. The van der Waals surface area contributed by atoms with Crippen LogP contribution in [-0.2, 0) is 10.2 Å². The molecule has 2 aromatic carbocycles. The first-order valence-corrected chi connectivity index (χ1v) is 12.1. The molecule has 0 aliphatic carbocycles. The first-order valence-electron chi connectivity index (χ1n) is 11.1. The van der Waals surface area contributed by atoms with Crippen LogP contribution in [0.2, 0.25) is 0 Å². The summed E-state index contributed by atoms with van der Waals surface area (Å²) in [6, 6.07) is 16.1. The molecule has 2 aromatic rings. The fourth-order valence-electron chi connectivity index (χ4n) is 4.51. The standard InChI is InChI=1S/C27H34O2S/c1-20-12-15-22(16-13-20)27(3)19-30-25-18-21(2)14-17-23(25)24(27)10-8-6-4-5-7-9-11-26(28)29/h7,9,12-18,24H,4-6,8,10-11,19H2,1-3H3,(H,28,29). The molecular formula is C27H34O2S. The van der Waals surface area contributed by atoms with Crippen molar-refractivity contribution in [2.45, 2.75) is 75.5 Å². The molecule has 0 spiro atoms. The number of hydrogen-bond donors (Lipinski definition) is 1. The molecule has 0 saturated heterocycles. The average molecular weight is 423 g/mol. The number of rotatable bonds is 9. The Kier molecular flexibility index (Phi) is 7.82. The fourth-order valence-corrected chi connectivity index (χ4v) is 5.98. The molecule has 3 rings (SSSR count). The Morgan fingerprint density at radius 1 is 1.07 bits per heavy atom. The number of carbonyl (C=O) groups is 1. The lowest BCUT2D eigenvalue weighted by Gasteiger charge is -2.43. The summed E-state index contributed by atoms with van der Waals surface area (Å²) in [6.07, 6.45) is 9.60. The molecule has 1 aliphatic heterocycles. The van der Waals surface area contributed by atoms with Crippen molar-refractivity contribution in [1.29, 1.82) is 0 Å². The molecule has 1 heterocycles. The van der Waals surface area contributed by atoms with Crippen molar-refractivity contribution in [2.75, 3.05) is 5.75 Å². The Balaban J connectivity index is 1.71. The summed E-state index contributed by atoms with van der Waals surface area (Å²) in [5, 5.41) is 8.70. The molecule has 3 heteroatoms. The molecule has 0 saturated carbocycles. The zero-order chi connectivity index (χ0) is 21.6. The fraction of sp³-hybridized carbons (Fsp3) is 0.444. The second kappa shape index (κ2) is 10.3. The van der Waals surface area contributed by atoms with Crippen LogP contribution in [0.3, 0.4) is 0 Å². The second-order valence-electron chi connectivity index (χ2n) is 8.87. The van der Waals surface area contributed by atoms with Crippen LogP contribution in [0.25, 0.3) is 0 Å². The Morgan fingerprint density at radius 3 is 2.53 bits per heavy atom. The van der Waals surface area contributed by atoms with Crippen LogP contribution in [0.4, 0.5) is 0 Å². The van der Waals surface area contributed by atoms with E-state index >= 15 is 0 Å². The van der Waals surface area contributed by atoms with E-state index in [1.54, 1.807) is 6.08 Å². The van der Waals surface area contributed by atoms with Gasteiger partial charge in [-0.2, -0.15) is 0 Å². The van der Waals surface area contributed by atoms with Gasteiger partial charge in [-0.25, -0.2) is 0 Å². The number of carboxylic acid groups (broad SMARTS) is 1. The number of benzene rings is 2. The SMILES string of the molecule is Cc1ccc(C2(C)CSc3cc(C)ccc3C2CCCCCC=CCC(=O)O)cc1. The molecule has 0 amide bonds. The van der Waals surface area contributed by atoms with Gasteiger partial charge in [-0.3, -0.25) is 4.79 Å². The highest BCUT2D eigenvalue weighted by atomic mass is 32.2. The first kappa shape index (κ1) is 22.7. The van der Waals surface area contributed by atoms with Crippen LogP contribution in [0.15, 0.2) is 59.5 Å². The van der Waals surface area contributed by atoms with Crippen LogP contribution < -0.4 is 0 Å². The number of aryl methyl sites for hydroxylation is 2. The summed E-state index contributed by atoms with van der Waals surface area (Å²) in [7, 11) is 0. The Bertz CT molecular complexity index is 884. The highest BCUT2D eigenvalue weighted by Crippen LogP contribution is 2.52. The molecule has 0 radical (unpaired) electrons. The summed E-state index contributed by atoms with van der Waals surface area (Å²) >= 11 is 2.01. The smallest absolute Gasteiger partial charge is 0.307 e. The minimum absolute atomic E-state index is 0.130. The predicted molar refractivity (Wildman–Crippen MR) is 128 cm³/mol. The molecule has 30 heavy (non-hydrogen) atoms. The normalized spacial score (nSPS) is 21.0. The molecule has 2 unspecified atom stereocenters. The maximum Gasteiger partial charge on any atom is 0.307 e. The topological polar surface area (TPSA) is 37.3 Å². The van der Waals surface area contributed by atoms with E-state index in [4.69, 9.17) is 5.11 Å². The van der Waals surface area contributed by atoms with Gasteiger partial charge in [0.25, 0.3) is 0 Å². The van der Waals surface area contributed by atoms with Gasteiger partial charge in [0.2, 0.25) is 0 Å². The quantitative estimate of drug-likeness (QED) is 0.337. The van der Waals surface area contributed by atoms with Gasteiger partial charge in [0.05, 0.1) is 6.42 Å². The predicted octanol–water partition coefficient (Wildman–Crippen LogP) is 7.43. The monoisotopic (exact) mass is 422 g/mol. The van der Waals surface area contributed by atoms with Crippen molar-refractivity contribution < 1.29 is 9.90 Å². The Hall–Kier alpha value is -2.00. The van der Waals surface area contributed by atoms with Crippen molar-refractivity contribution in [3.63, 3.8) is 0 Å². The second-order valence-corrected chi connectivity index (χ2v) is 9.89. The van der Waals surface area contributed by atoms with Gasteiger partial charge in [0.1, 0.15) is 0 Å². The molecule has 0 aromatic heterocycles. The van der Waals surface area contributed by atoms with Crippen molar-refractivity contribution in [3.05, 3.63) is 76.9 Å². The molecular weight excluding hydrogens is 388 g/mol. The van der Waals surface area contributed by atoms with Gasteiger partial charge >= 0.3 is 5.97 Å². The van der Waals surface area contributed by atoms with E-state index in [0.29, 0.717) is 5.92 Å². The number of allylic oxidation sites excluding steroid dienone is 1. The van der Waals surface area contributed by atoms with E-state index < -0.39 is 5.97 Å². The number of carboxylic acids is 1. The Morgan fingerprint density at radius 2 is 1.80 bits per heavy atom. The minimum atomic E-state index is -0.759. The van der Waals surface area contributed by atoms with Crippen LogP contribution in [-0.4, -0.2) is 16.8 Å². The van der Waals surface area contributed by atoms with Gasteiger partial charge in [-0.1, -0.05) is 79.4 Å². The number of thioether (sulfide) groups is 1. The molecule has 160 valence electrons. The van der Waals surface area contributed by atoms with E-state index in [0.717, 1.165) is 18.6 Å². The van der Waals surface area contributed by atoms with E-state index in [-0.39, 0.29) is 11.8 Å².